The molecule has 0 amide bonds. The molecular weight excluding hydrogens is 266 g/mol. The second-order valence-corrected chi connectivity index (χ2v) is 5.89. The molecule has 1 saturated carbocycles. The molecular formula is C15H17N5O. The Morgan fingerprint density at radius 2 is 2.05 bits per heavy atom. The minimum Gasteiger partial charge on any atom is -0.310 e. The average molecular weight is 283 g/mol. The van der Waals surface area contributed by atoms with E-state index in [-0.39, 0.29) is 11.6 Å². The van der Waals surface area contributed by atoms with Crippen LogP contribution in [0.5, 0.6) is 0 Å². The van der Waals surface area contributed by atoms with Crippen molar-refractivity contribution in [2.24, 2.45) is 5.92 Å². The highest BCUT2D eigenvalue weighted by atomic mass is 16.1. The fourth-order valence-corrected chi connectivity index (χ4v) is 3.42. The maximum absolute atomic E-state index is 12.8. The molecule has 1 fully saturated rings. The van der Waals surface area contributed by atoms with Crippen molar-refractivity contribution in [1.82, 2.24) is 24.4 Å². The molecule has 0 radical (unpaired) electrons. The number of hydrogen-bond donors (Lipinski definition) is 0. The van der Waals surface area contributed by atoms with E-state index in [1.54, 1.807) is 16.8 Å². The van der Waals surface area contributed by atoms with Crippen LogP contribution in [0.2, 0.25) is 0 Å². The summed E-state index contributed by atoms with van der Waals surface area (Å²) in [7, 11) is 0. The van der Waals surface area contributed by atoms with Crippen LogP contribution in [-0.2, 0) is 0 Å². The van der Waals surface area contributed by atoms with E-state index in [1.807, 2.05) is 16.8 Å². The predicted octanol–water partition coefficient (Wildman–Crippen LogP) is 2.19. The van der Waals surface area contributed by atoms with Crippen LogP contribution in [0.3, 0.4) is 0 Å². The summed E-state index contributed by atoms with van der Waals surface area (Å²) in [6.45, 7) is 2.23. The van der Waals surface area contributed by atoms with Gasteiger partial charge in [-0.2, -0.15) is 5.10 Å². The largest absolute Gasteiger partial charge is 0.310 e. The summed E-state index contributed by atoms with van der Waals surface area (Å²) in [5.74, 6) is 0.523. The molecule has 21 heavy (non-hydrogen) atoms. The summed E-state index contributed by atoms with van der Waals surface area (Å²) in [5.41, 5.74) is 1.71. The van der Waals surface area contributed by atoms with Crippen LogP contribution in [0, 0.1) is 5.92 Å². The van der Waals surface area contributed by atoms with Gasteiger partial charge in [0.1, 0.15) is 5.52 Å². The monoisotopic (exact) mass is 283 g/mol. The summed E-state index contributed by atoms with van der Waals surface area (Å²) >= 11 is 0. The predicted molar refractivity (Wildman–Crippen MR) is 79.2 cm³/mol. The molecule has 6 nitrogen and oxygen atoms in total. The first-order chi connectivity index (χ1) is 10.3. The van der Waals surface area contributed by atoms with Crippen LogP contribution >= 0.6 is 0 Å². The van der Waals surface area contributed by atoms with Crippen LogP contribution in [-0.4, -0.2) is 24.4 Å². The highest BCUT2D eigenvalue weighted by Gasteiger charge is 2.24. The first kappa shape index (κ1) is 12.5. The molecule has 0 bridgehead atoms. The zero-order chi connectivity index (χ0) is 14.4. The van der Waals surface area contributed by atoms with Gasteiger partial charge in [-0.1, -0.05) is 19.8 Å². The third kappa shape index (κ3) is 1.86. The van der Waals surface area contributed by atoms with Gasteiger partial charge in [-0.3, -0.25) is 4.79 Å². The molecule has 0 unspecified atom stereocenters. The van der Waals surface area contributed by atoms with Crippen molar-refractivity contribution >= 4 is 16.7 Å². The van der Waals surface area contributed by atoms with E-state index in [0.29, 0.717) is 17.1 Å². The molecule has 0 spiro atoms. The summed E-state index contributed by atoms with van der Waals surface area (Å²) < 4.78 is 3.51. The van der Waals surface area contributed by atoms with Gasteiger partial charge in [0.2, 0.25) is 0 Å². The molecule has 1 aliphatic carbocycles. The molecule has 3 heterocycles. The molecule has 1 aliphatic rings. The van der Waals surface area contributed by atoms with E-state index in [1.165, 1.54) is 19.3 Å². The molecule has 4 rings (SSSR count). The Kier molecular flexibility index (Phi) is 2.77. The summed E-state index contributed by atoms with van der Waals surface area (Å²) in [4.78, 5) is 12.8. The van der Waals surface area contributed by atoms with E-state index in [2.05, 4.69) is 22.2 Å². The first-order valence-corrected chi connectivity index (χ1v) is 7.47. The van der Waals surface area contributed by atoms with Gasteiger partial charge in [0, 0.05) is 18.3 Å². The van der Waals surface area contributed by atoms with Crippen LogP contribution in [0.1, 0.15) is 38.6 Å². The lowest BCUT2D eigenvalue weighted by Gasteiger charge is -2.30. The minimum atomic E-state index is -0.0591. The number of fused-ring (bicyclic) bond motifs is 3. The third-order valence-corrected chi connectivity index (χ3v) is 4.60. The van der Waals surface area contributed by atoms with Crippen molar-refractivity contribution in [1.29, 1.82) is 0 Å². The lowest BCUT2D eigenvalue weighted by Crippen LogP contribution is -2.31. The Labute approximate surface area is 121 Å². The second kappa shape index (κ2) is 4.65. The number of nitrogens with zero attached hydrogens (tertiary/aromatic N) is 5. The fourth-order valence-electron chi connectivity index (χ4n) is 3.42. The molecule has 0 aliphatic heterocycles. The standard InChI is InChI=1S/C15H17N5O/c1-10-4-2-3-5-11(10)19-9-7-12-14(15(19)21)18-17-13-6-8-16-20(12)13/h6-11H,2-5H2,1H3/t10-,11-/m0/s1. The highest BCUT2D eigenvalue weighted by Crippen LogP contribution is 2.32. The number of pyridine rings is 1. The number of aromatic nitrogens is 5. The van der Waals surface area contributed by atoms with Crippen LogP contribution < -0.4 is 5.56 Å². The van der Waals surface area contributed by atoms with Crippen LogP contribution in [0.15, 0.2) is 29.3 Å². The van der Waals surface area contributed by atoms with Gasteiger partial charge >= 0.3 is 0 Å². The van der Waals surface area contributed by atoms with Crippen molar-refractivity contribution in [3.05, 3.63) is 34.9 Å². The average Bonchev–Trinajstić information content (AvgIpc) is 2.97. The van der Waals surface area contributed by atoms with Crippen molar-refractivity contribution in [2.45, 2.75) is 38.6 Å². The van der Waals surface area contributed by atoms with Gasteiger partial charge < -0.3 is 4.57 Å². The van der Waals surface area contributed by atoms with E-state index >= 15 is 0 Å². The Morgan fingerprint density at radius 3 is 2.90 bits per heavy atom. The van der Waals surface area contributed by atoms with Crippen LogP contribution in [0.4, 0.5) is 0 Å². The van der Waals surface area contributed by atoms with E-state index < -0.39 is 0 Å². The molecule has 3 aromatic heterocycles. The second-order valence-electron chi connectivity index (χ2n) is 5.89. The molecule has 108 valence electrons. The van der Waals surface area contributed by atoms with E-state index in [9.17, 15) is 4.79 Å². The normalized spacial score (nSPS) is 22.9. The summed E-state index contributed by atoms with van der Waals surface area (Å²) in [6.07, 6.45) is 8.23. The maximum Gasteiger partial charge on any atom is 0.280 e. The van der Waals surface area contributed by atoms with Gasteiger partial charge in [0.05, 0.1) is 6.20 Å². The van der Waals surface area contributed by atoms with Gasteiger partial charge in [-0.25, -0.2) is 4.52 Å². The summed E-state index contributed by atoms with van der Waals surface area (Å²) in [5, 5.41) is 12.4. The molecule has 0 N–H and O–H groups in total. The third-order valence-electron chi connectivity index (χ3n) is 4.60. The lowest BCUT2D eigenvalue weighted by molar-refractivity contribution is 0.253. The van der Waals surface area contributed by atoms with Gasteiger partial charge in [0.15, 0.2) is 11.2 Å². The Morgan fingerprint density at radius 1 is 1.19 bits per heavy atom. The van der Waals surface area contributed by atoms with Crippen LogP contribution in [0.25, 0.3) is 16.7 Å². The first-order valence-electron chi connectivity index (χ1n) is 7.47. The minimum absolute atomic E-state index is 0.0591. The van der Waals surface area contributed by atoms with Crippen molar-refractivity contribution in [3.8, 4) is 0 Å². The Hall–Kier alpha value is -2.24. The highest BCUT2D eigenvalue weighted by molar-refractivity contribution is 5.74. The zero-order valence-electron chi connectivity index (χ0n) is 11.9. The van der Waals surface area contributed by atoms with Gasteiger partial charge in [0.25, 0.3) is 5.56 Å². The SMILES string of the molecule is C[C@H]1CCCC[C@@H]1n1ccc2c(nnc3ccnn32)c1=O. The maximum atomic E-state index is 12.8. The number of hydrogen-bond acceptors (Lipinski definition) is 4. The molecule has 2 atom stereocenters. The summed E-state index contributed by atoms with van der Waals surface area (Å²) in [6, 6.07) is 3.97. The fraction of sp³-hybridized carbons (Fsp3) is 0.467. The molecule has 6 heteroatoms. The van der Waals surface area contributed by atoms with E-state index in [4.69, 9.17) is 0 Å². The molecule has 0 aromatic carbocycles. The van der Waals surface area contributed by atoms with Crippen molar-refractivity contribution in [3.63, 3.8) is 0 Å². The molecule has 0 saturated heterocycles. The van der Waals surface area contributed by atoms with Gasteiger partial charge in [-0.05, 0) is 24.8 Å². The molecule has 3 aromatic rings. The Balaban J connectivity index is 1.93. The Bertz CT molecular complexity index is 865. The lowest BCUT2D eigenvalue weighted by atomic mass is 9.85. The quantitative estimate of drug-likeness (QED) is 0.686. The van der Waals surface area contributed by atoms with E-state index in [0.717, 1.165) is 11.9 Å². The zero-order valence-corrected chi connectivity index (χ0v) is 11.9. The number of rotatable bonds is 1. The smallest absolute Gasteiger partial charge is 0.280 e. The van der Waals surface area contributed by atoms with Crippen molar-refractivity contribution < 1.29 is 0 Å². The topological polar surface area (TPSA) is 65.1 Å². The van der Waals surface area contributed by atoms with Crippen molar-refractivity contribution in [2.75, 3.05) is 0 Å². The van der Waals surface area contributed by atoms with Gasteiger partial charge in [-0.15, -0.1) is 10.2 Å².